The number of carbonyl (C=O) groups excluding carboxylic acids is 1. The zero-order valence-corrected chi connectivity index (χ0v) is 16.0. The summed E-state index contributed by atoms with van der Waals surface area (Å²) in [7, 11) is -3.87. The quantitative estimate of drug-likeness (QED) is 0.351. The highest BCUT2D eigenvalue weighted by molar-refractivity contribution is 7.90. The van der Waals surface area contributed by atoms with Crippen molar-refractivity contribution in [3.63, 3.8) is 0 Å². The number of carbonyl (C=O) groups is 1. The van der Waals surface area contributed by atoms with Crippen LogP contribution in [0.15, 0.2) is 66.0 Å². The van der Waals surface area contributed by atoms with Gasteiger partial charge in [-0.25, -0.2) is 23.2 Å². The third kappa shape index (κ3) is 4.82. The Morgan fingerprint density at radius 3 is 2.33 bits per heavy atom. The van der Waals surface area contributed by atoms with Gasteiger partial charge in [-0.2, -0.15) is 0 Å². The second kappa shape index (κ2) is 8.04. The first-order valence-electron chi connectivity index (χ1n) is 7.62. The Kier molecular flexibility index (Phi) is 5.74. The summed E-state index contributed by atoms with van der Waals surface area (Å²) < 4.78 is 30.3. The minimum atomic E-state index is -3.87. The summed E-state index contributed by atoms with van der Waals surface area (Å²) in [5.74, 6) is -0.991. The van der Waals surface area contributed by atoms with E-state index in [9.17, 15) is 13.2 Å². The largest absolute Gasteiger partial charge is 0.422 e. The lowest BCUT2D eigenvalue weighted by molar-refractivity contribution is 0.0727. The van der Waals surface area contributed by atoms with E-state index >= 15 is 0 Å². The van der Waals surface area contributed by atoms with Gasteiger partial charge in [0.2, 0.25) is 15.0 Å². The monoisotopic (exact) mass is 422 g/mol. The van der Waals surface area contributed by atoms with Gasteiger partial charge in [-0.15, -0.1) is 0 Å². The van der Waals surface area contributed by atoms with Gasteiger partial charge < -0.3 is 4.74 Å². The smallest absolute Gasteiger partial charge is 0.364 e. The van der Waals surface area contributed by atoms with E-state index in [-0.39, 0.29) is 22.2 Å². The number of hydrogen-bond donors (Lipinski definition) is 0. The normalized spacial score (nSPS) is 11.2. The number of rotatable bonds is 5. The first-order chi connectivity index (χ1) is 12.8. The standard InChI is InChI=1S/C18H12Cl2N2O4S/c19-13-6-8-14(9-7-13)26-17(23)16-15(20)10-21-18(22-16)27(24,25)11-12-4-2-1-3-5-12/h1-10H,11H2. The van der Waals surface area contributed by atoms with E-state index in [1.807, 2.05) is 0 Å². The Morgan fingerprint density at radius 1 is 1.00 bits per heavy atom. The highest BCUT2D eigenvalue weighted by Crippen LogP contribution is 2.21. The molecule has 0 N–H and O–H groups in total. The van der Waals surface area contributed by atoms with Crippen molar-refractivity contribution in [3.8, 4) is 5.75 Å². The molecule has 0 saturated heterocycles. The molecule has 0 spiro atoms. The van der Waals surface area contributed by atoms with E-state index in [0.29, 0.717) is 10.6 Å². The van der Waals surface area contributed by atoms with Gasteiger partial charge >= 0.3 is 5.97 Å². The molecule has 0 atom stereocenters. The molecule has 138 valence electrons. The number of sulfone groups is 1. The Hall–Kier alpha value is -2.48. The van der Waals surface area contributed by atoms with Crippen molar-refractivity contribution in [2.24, 2.45) is 0 Å². The summed E-state index contributed by atoms with van der Waals surface area (Å²) in [6.07, 6.45) is 1.06. The molecule has 0 aliphatic heterocycles. The molecule has 9 heteroatoms. The van der Waals surface area contributed by atoms with Crippen LogP contribution in [-0.2, 0) is 15.6 Å². The lowest BCUT2D eigenvalue weighted by atomic mass is 10.2. The fraction of sp³-hybridized carbons (Fsp3) is 0.0556. The van der Waals surface area contributed by atoms with Gasteiger partial charge in [0.1, 0.15) is 5.75 Å². The Morgan fingerprint density at radius 2 is 1.67 bits per heavy atom. The van der Waals surface area contributed by atoms with Gasteiger partial charge in [0, 0.05) is 5.02 Å². The first-order valence-corrected chi connectivity index (χ1v) is 10.0. The SMILES string of the molecule is O=C(Oc1ccc(Cl)cc1)c1nc(S(=O)(=O)Cc2ccccc2)ncc1Cl. The fourth-order valence-corrected chi connectivity index (χ4v) is 3.66. The van der Waals surface area contributed by atoms with Crippen LogP contribution in [0.25, 0.3) is 0 Å². The molecule has 0 bridgehead atoms. The average Bonchev–Trinajstić information content (AvgIpc) is 2.64. The minimum Gasteiger partial charge on any atom is -0.422 e. The van der Waals surface area contributed by atoms with Crippen LogP contribution in [0.1, 0.15) is 16.1 Å². The van der Waals surface area contributed by atoms with Crippen LogP contribution < -0.4 is 4.74 Å². The summed E-state index contributed by atoms with van der Waals surface area (Å²) >= 11 is 11.7. The molecule has 0 unspecified atom stereocenters. The van der Waals surface area contributed by atoms with E-state index in [2.05, 4.69) is 9.97 Å². The zero-order chi connectivity index (χ0) is 19.4. The molecule has 3 aromatic rings. The Labute approximate surface area is 165 Å². The number of benzene rings is 2. The van der Waals surface area contributed by atoms with E-state index < -0.39 is 21.0 Å². The van der Waals surface area contributed by atoms with Gasteiger partial charge in [-0.3, -0.25) is 0 Å². The number of ether oxygens (including phenoxy) is 1. The van der Waals surface area contributed by atoms with Crippen LogP contribution in [0, 0.1) is 0 Å². The molecule has 0 saturated carbocycles. The predicted molar refractivity (Wildman–Crippen MR) is 101 cm³/mol. The number of aromatic nitrogens is 2. The maximum Gasteiger partial charge on any atom is 0.364 e. The second-order valence-corrected chi connectivity index (χ2v) is 8.16. The van der Waals surface area contributed by atoms with Crippen molar-refractivity contribution < 1.29 is 17.9 Å². The van der Waals surface area contributed by atoms with Crippen LogP contribution in [0.4, 0.5) is 0 Å². The zero-order valence-electron chi connectivity index (χ0n) is 13.7. The van der Waals surface area contributed by atoms with Crippen LogP contribution >= 0.6 is 23.2 Å². The van der Waals surface area contributed by atoms with Crippen LogP contribution in [0.3, 0.4) is 0 Å². The predicted octanol–water partition coefficient (Wildman–Crippen LogP) is 3.98. The van der Waals surface area contributed by atoms with Crippen molar-refractivity contribution in [2.45, 2.75) is 10.9 Å². The fourth-order valence-electron chi connectivity index (χ4n) is 2.16. The molecule has 0 fully saturated rings. The number of halogens is 2. The average molecular weight is 423 g/mol. The molecule has 0 aliphatic rings. The first kappa shape index (κ1) is 19.3. The second-order valence-electron chi connectivity index (χ2n) is 5.44. The maximum absolute atomic E-state index is 12.5. The van der Waals surface area contributed by atoms with E-state index in [1.54, 1.807) is 42.5 Å². The molecule has 3 rings (SSSR count). The van der Waals surface area contributed by atoms with E-state index in [4.69, 9.17) is 27.9 Å². The van der Waals surface area contributed by atoms with Crippen molar-refractivity contribution in [3.05, 3.63) is 82.1 Å². The molecule has 0 amide bonds. The lowest BCUT2D eigenvalue weighted by Crippen LogP contribution is -2.16. The lowest BCUT2D eigenvalue weighted by Gasteiger charge is -2.08. The van der Waals surface area contributed by atoms with Crippen LogP contribution in [0.2, 0.25) is 10.0 Å². The third-order valence-electron chi connectivity index (χ3n) is 3.42. The van der Waals surface area contributed by atoms with Crippen molar-refractivity contribution in [1.29, 1.82) is 0 Å². The third-order valence-corrected chi connectivity index (χ3v) is 5.41. The van der Waals surface area contributed by atoms with Crippen LogP contribution in [-0.4, -0.2) is 24.4 Å². The Bertz CT molecular complexity index is 1070. The van der Waals surface area contributed by atoms with E-state index in [0.717, 1.165) is 6.20 Å². The van der Waals surface area contributed by atoms with Crippen molar-refractivity contribution in [1.82, 2.24) is 9.97 Å². The summed E-state index contributed by atoms with van der Waals surface area (Å²) in [6, 6.07) is 14.6. The van der Waals surface area contributed by atoms with E-state index in [1.165, 1.54) is 12.1 Å². The molecule has 6 nitrogen and oxygen atoms in total. The Balaban J connectivity index is 1.87. The molecule has 2 aromatic carbocycles. The van der Waals surface area contributed by atoms with Gasteiger partial charge in [-0.05, 0) is 29.8 Å². The number of nitrogens with zero attached hydrogens (tertiary/aromatic N) is 2. The molecule has 1 aromatic heterocycles. The number of hydrogen-bond acceptors (Lipinski definition) is 6. The van der Waals surface area contributed by atoms with Crippen molar-refractivity contribution >= 4 is 39.0 Å². The number of esters is 1. The van der Waals surface area contributed by atoms with Gasteiger partial charge in [0.05, 0.1) is 17.0 Å². The summed E-state index contributed by atoms with van der Waals surface area (Å²) in [5.41, 5.74) is 0.231. The molecule has 0 aliphatic carbocycles. The molecular formula is C18H12Cl2N2O4S. The topological polar surface area (TPSA) is 86.2 Å². The molecule has 0 radical (unpaired) electrons. The summed E-state index contributed by atoms with van der Waals surface area (Å²) in [5, 5.41) is -0.143. The van der Waals surface area contributed by atoms with Crippen molar-refractivity contribution in [2.75, 3.05) is 0 Å². The maximum atomic E-state index is 12.5. The minimum absolute atomic E-state index is 0.118. The van der Waals surface area contributed by atoms with Gasteiger partial charge in [-0.1, -0.05) is 53.5 Å². The van der Waals surface area contributed by atoms with Crippen LogP contribution in [0.5, 0.6) is 5.75 Å². The molecule has 1 heterocycles. The highest BCUT2D eigenvalue weighted by atomic mass is 35.5. The molecule has 27 heavy (non-hydrogen) atoms. The molecular weight excluding hydrogens is 411 g/mol. The highest BCUT2D eigenvalue weighted by Gasteiger charge is 2.24. The summed E-state index contributed by atoms with van der Waals surface area (Å²) in [6.45, 7) is 0. The van der Waals surface area contributed by atoms with Gasteiger partial charge in [0.25, 0.3) is 0 Å². The summed E-state index contributed by atoms with van der Waals surface area (Å²) in [4.78, 5) is 19.9. The van der Waals surface area contributed by atoms with Gasteiger partial charge in [0.15, 0.2) is 5.69 Å².